The van der Waals surface area contributed by atoms with Gasteiger partial charge in [0, 0.05) is 0 Å². The highest BCUT2D eigenvalue weighted by atomic mass is 35.5. The first-order valence-corrected chi connectivity index (χ1v) is 4.78. The number of nitrogens with zero attached hydrogens (tertiary/aromatic N) is 2. The smallest absolute Gasteiger partial charge is 0.444 e. The van der Waals surface area contributed by atoms with Crippen LogP contribution in [0, 0.1) is 10.1 Å². The molecular formula is C9H6ClF3N2O3. The lowest BCUT2D eigenvalue weighted by atomic mass is 10.2. The van der Waals surface area contributed by atoms with Gasteiger partial charge in [0.05, 0.1) is 12.0 Å². The molecule has 1 rings (SSSR count). The summed E-state index contributed by atoms with van der Waals surface area (Å²) >= 11 is 4.93. The molecule has 0 saturated heterocycles. The zero-order valence-corrected chi connectivity index (χ0v) is 9.62. The van der Waals surface area contributed by atoms with E-state index in [9.17, 15) is 23.3 Å². The maximum Gasteiger partial charge on any atom is 0.444 e. The molecule has 0 bridgehead atoms. The maximum atomic E-state index is 12.2. The van der Waals surface area contributed by atoms with Crippen LogP contribution in [0.2, 0.25) is 0 Å². The Kier molecular flexibility index (Phi) is 4.12. The average Bonchev–Trinajstić information content (AvgIpc) is 2.26. The van der Waals surface area contributed by atoms with E-state index in [-0.39, 0.29) is 5.75 Å². The van der Waals surface area contributed by atoms with Gasteiger partial charge in [-0.15, -0.1) is 0 Å². The van der Waals surface area contributed by atoms with Crippen LogP contribution in [0.25, 0.3) is 0 Å². The highest BCUT2D eigenvalue weighted by molar-refractivity contribution is 6.67. The molecule has 0 heterocycles. The van der Waals surface area contributed by atoms with Crippen molar-refractivity contribution in [3.63, 3.8) is 0 Å². The number of nitro benzene ring substituents is 1. The van der Waals surface area contributed by atoms with Crippen molar-refractivity contribution in [2.45, 2.75) is 6.18 Å². The van der Waals surface area contributed by atoms with E-state index in [4.69, 9.17) is 11.6 Å². The third-order valence-corrected chi connectivity index (χ3v) is 2.13. The van der Waals surface area contributed by atoms with Gasteiger partial charge in [0.1, 0.15) is 5.69 Å². The van der Waals surface area contributed by atoms with E-state index in [1.165, 1.54) is 12.1 Å². The summed E-state index contributed by atoms with van der Waals surface area (Å²) in [5, 5.41) is 9.07. The fourth-order valence-electron chi connectivity index (χ4n) is 1.12. The van der Waals surface area contributed by atoms with Gasteiger partial charge in [-0.3, -0.25) is 10.1 Å². The molecule has 0 aliphatic carbocycles. The van der Waals surface area contributed by atoms with E-state index in [0.29, 0.717) is 0 Å². The highest BCUT2D eigenvalue weighted by Gasteiger charge is 2.35. The lowest BCUT2D eigenvalue weighted by molar-refractivity contribution is -0.384. The fourth-order valence-corrected chi connectivity index (χ4v) is 1.21. The molecule has 5 nitrogen and oxygen atoms in total. The minimum atomic E-state index is -4.86. The number of alkyl halides is 3. The Hall–Kier alpha value is -1.83. The van der Waals surface area contributed by atoms with Gasteiger partial charge in [0.15, 0.2) is 5.75 Å². The van der Waals surface area contributed by atoms with E-state index >= 15 is 0 Å². The van der Waals surface area contributed by atoms with E-state index in [1.54, 1.807) is 0 Å². The maximum absolute atomic E-state index is 12.2. The Bertz CT molecular complexity index is 502. The van der Waals surface area contributed by atoms with Crippen LogP contribution in [0.3, 0.4) is 0 Å². The first-order valence-electron chi connectivity index (χ1n) is 4.40. The van der Waals surface area contributed by atoms with Gasteiger partial charge >= 0.3 is 11.9 Å². The van der Waals surface area contributed by atoms with Gasteiger partial charge in [-0.1, -0.05) is 17.7 Å². The molecule has 0 amide bonds. The molecule has 1 aromatic carbocycles. The van der Waals surface area contributed by atoms with Crippen LogP contribution in [0.1, 0.15) is 0 Å². The summed E-state index contributed by atoms with van der Waals surface area (Å²) in [6.07, 6.45) is -4.86. The Morgan fingerprint density at radius 1 is 1.50 bits per heavy atom. The molecule has 0 atom stereocenters. The van der Waals surface area contributed by atoms with E-state index < -0.39 is 27.6 Å². The number of ether oxygens (including phenoxy) is 1. The van der Waals surface area contributed by atoms with Gasteiger partial charge < -0.3 is 4.74 Å². The van der Waals surface area contributed by atoms with Crippen molar-refractivity contribution < 1.29 is 22.8 Å². The minimum Gasteiger partial charge on any atom is -0.490 e. The molecule has 0 spiro atoms. The summed E-state index contributed by atoms with van der Waals surface area (Å²) < 4.78 is 41.2. The Morgan fingerprint density at radius 2 is 2.11 bits per heavy atom. The first-order chi connectivity index (χ1) is 8.27. The van der Waals surface area contributed by atoms with Crippen LogP contribution in [-0.4, -0.2) is 23.4 Å². The van der Waals surface area contributed by atoms with Crippen molar-refractivity contribution in [3.05, 3.63) is 28.3 Å². The summed E-state index contributed by atoms with van der Waals surface area (Å²) in [7, 11) is 1.15. The van der Waals surface area contributed by atoms with Crippen LogP contribution in [0.15, 0.2) is 23.2 Å². The van der Waals surface area contributed by atoms with Crippen molar-refractivity contribution in [2.75, 3.05) is 7.11 Å². The van der Waals surface area contributed by atoms with E-state index in [1.807, 2.05) is 0 Å². The lowest BCUT2D eigenvalue weighted by Crippen LogP contribution is -2.16. The first kappa shape index (κ1) is 14.2. The van der Waals surface area contributed by atoms with Crippen molar-refractivity contribution in [1.29, 1.82) is 0 Å². The largest absolute Gasteiger partial charge is 0.490 e. The second-order valence-corrected chi connectivity index (χ2v) is 3.34. The van der Waals surface area contributed by atoms with Crippen LogP contribution in [0.4, 0.5) is 24.5 Å². The Balaban J connectivity index is 3.38. The third kappa shape index (κ3) is 3.10. The quantitative estimate of drug-likeness (QED) is 0.484. The normalized spacial score (nSPS) is 12.4. The molecule has 0 aliphatic heterocycles. The monoisotopic (exact) mass is 282 g/mol. The van der Waals surface area contributed by atoms with Crippen molar-refractivity contribution in [1.82, 2.24) is 0 Å². The Labute approximate surface area is 104 Å². The van der Waals surface area contributed by atoms with Gasteiger partial charge in [-0.25, -0.2) is 4.99 Å². The van der Waals surface area contributed by atoms with Crippen molar-refractivity contribution in [2.24, 2.45) is 4.99 Å². The zero-order chi connectivity index (χ0) is 13.9. The van der Waals surface area contributed by atoms with Crippen molar-refractivity contribution >= 4 is 28.1 Å². The van der Waals surface area contributed by atoms with E-state index in [2.05, 4.69) is 9.73 Å². The minimum absolute atomic E-state index is 0.201. The molecule has 0 aromatic heterocycles. The van der Waals surface area contributed by atoms with Crippen molar-refractivity contribution in [3.8, 4) is 5.75 Å². The van der Waals surface area contributed by atoms with E-state index in [0.717, 1.165) is 13.2 Å². The fraction of sp³-hybridized carbons (Fsp3) is 0.222. The van der Waals surface area contributed by atoms with Crippen LogP contribution in [-0.2, 0) is 0 Å². The summed E-state index contributed by atoms with van der Waals surface area (Å²) in [6, 6.07) is 3.54. The molecule has 0 N–H and O–H groups in total. The lowest BCUT2D eigenvalue weighted by Gasteiger charge is -2.05. The number of aliphatic imine (C=N–C) groups is 1. The number of rotatable bonds is 3. The third-order valence-electron chi connectivity index (χ3n) is 1.83. The van der Waals surface area contributed by atoms with Gasteiger partial charge in [-0.2, -0.15) is 13.2 Å². The van der Waals surface area contributed by atoms with Crippen LogP contribution in [0.5, 0.6) is 5.75 Å². The molecule has 1 aromatic rings. The highest BCUT2D eigenvalue weighted by Crippen LogP contribution is 2.37. The molecule has 9 heteroatoms. The number of hydrogen-bond acceptors (Lipinski definition) is 4. The zero-order valence-electron chi connectivity index (χ0n) is 8.86. The summed E-state index contributed by atoms with van der Waals surface area (Å²) in [5.74, 6) is -0.201. The molecular weight excluding hydrogens is 277 g/mol. The summed E-state index contributed by atoms with van der Waals surface area (Å²) in [4.78, 5) is 12.9. The summed E-state index contributed by atoms with van der Waals surface area (Å²) in [6.45, 7) is 0. The predicted molar refractivity (Wildman–Crippen MR) is 58.7 cm³/mol. The number of methoxy groups -OCH3 is 1. The average molecular weight is 283 g/mol. The molecule has 0 aliphatic rings. The SMILES string of the molecule is COc1cccc(N=C(Cl)C(F)(F)F)c1[N+](=O)[O-]. The van der Waals surface area contributed by atoms with Gasteiger partial charge in [-0.05, 0) is 12.1 Å². The number of hydrogen-bond donors (Lipinski definition) is 0. The second-order valence-electron chi connectivity index (χ2n) is 2.99. The molecule has 98 valence electrons. The number of para-hydroxylation sites is 1. The van der Waals surface area contributed by atoms with Gasteiger partial charge in [0.2, 0.25) is 5.17 Å². The number of benzene rings is 1. The molecule has 18 heavy (non-hydrogen) atoms. The molecule has 0 saturated carbocycles. The molecule has 0 fully saturated rings. The van der Waals surface area contributed by atoms with Crippen LogP contribution >= 0.6 is 11.6 Å². The van der Waals surface area contributed by atoms with Gasteiger partial charge in [0.25, 0.3) is 0 Å². The standard InChI is InChI=1S/C9H6ClF3N2O3/c1-18-6-4-2-3-5(7(6)15(16)17)14-8(10)9(11,12)13/h2-4H,1H3. The number of nitro groups is 1. The molecule has 0 unspecified atom stereocenters. The number of halogens is 4. The topological polar surface area (TPSA) is 64.7 Å². The molecule has 0 radical (unpaired) electrons. The second kappa shape index (κ2) is 5.21. The summed E-state index contributed by atoms with van der Waals surface area (Å²) in [5.41, 5.74) is -1.20. The van der Waals surface area contributed by atoms with Crippen LogP contribution < -0.4 is 4.74 Å². The Morgan fingerprint density at radius 3 is 2.56 bits per heavy atom. The predicted octanol–water partition coefficient (Wildman–Crippen LogP) is 3.43.